The molecule has 0 radical (unpaired) electrons. The molecule has 3 heterocycles. The Morgan fingerprint density at radius 3 is 3.27 bits per heavy atom. The Labute approximate surface area is 135 Å². The molecule has 2 atom stereocenters. The molecule has 6 nitrogen and oxygen atoms in total. The molecule has 0 spiro atoms. The smallest absolute Gasteiger partial charge is 0.229 e. The van der Waals surface area contributed by atoms with Crippen molar-refractivity contribution in [1.29, 1.82) is 0 Å². The number of aryl methyl sites for hydroxylation is 1. The fraction of sp³-hybridized carbons (Fsp3) is 0.733. The van der Waals surface area contributed by atoms with Crippen LogP contribution in [-0.4, -0.2) is 66.3 Å². The van der Waals surface area contributed by atoms with Crippen LogP contribution in [0.4, 0.5) is 0 Å². The average molecular weight is 323 g/mol. The van der Waals surface area contributed by atoms with E-state index in [0.29, 0.717) is 5.92 Å². The number of hydrogen-bond donors (Lipinski definition) is 3. The minimum absolute atomic E-state index is 0.210. The molecule has 122 valence electrons. The molecule has 0 bridgehead atoms. The van der Waals surface area contributed by atoms with Crippen molar-refractivity contribution >= 4 is 17.7 Å². The van der Waals surface area contributed by atoms with Gasteiger partial charge in [0, 0.05) is 55.8 Å². The van der Waals surface area contributed by atoms with Crippen molar-refractivity contribution in [2.24, 2.45) is 11.3 Å². The van der Waals surface area contributed by atoms with Crippen LogP contribution in [0.25, 0.3) is 0 Å². The second kappa shape index (κ2) is 6.60. The molecule has 2 saturated heterocycles. The number of aromatic nitrogens is 2. The van der Waals surface area contributed by atoms with Gasteiger partial charge in [-0.05, 0) is 14.0 Å². The summed E-state index contributed by atoms with van der Waals surface area (Å²) in [5.41, 5.74) is 2.02. The third-order valence-electron chi connectivity index (χ3n) is 4.85. The second-order valence-electron chi connectivity index (χ2n) is 6.46. The molecule has 0 saturated carbocycles. The first-order valence-corrected chi connectivity index (χ1v) is 9.01. The number of likely N-dealkylation sites (tertiary alicyclic amines) is 1. The fourth-order valence-electron chi connectivity index (χ4n) is 3.61. The highest BCUT2D eigenvalue weighted by atomic mass is 32.2. The van der Waals surface area contributed by atoms with Crippen LogP contribution in [0.15, 0.2) is 6.33 Å². The molecule has 3 rings (SSSR count). The minimum atomic E-state index is -0.210. The van der Waals surface area contributed by atoms with Gasteiger partial charge in [0.1, 0.15) is 0 Å². The number of fused-ring (bicyclic) bond motifs is 1. The highest BCUT2D eigenvalue weighted by Gasteiger charge is 2.53. The summed E-state index contributed by atoms with van der Waals surface area (Å²) < 4.78 is 0. The van der Waals surface area contributed by atoms with E-state index in [9.17, 15) is 4.79 Å². The van der Waals surface area contributed by atoms with E-state index < -0.39 is 0 Å². The Morgan fingerprint density at radius 1 is 1.64 bits per heavy atom. The van der Waals surface area contributed by atoms with Gasteiger partial charge in [0.15, 0.2) is 0 Å². The summed E-state index contributed by atoms with van der Waals surface area (Å²) >= 11 is 1.81. The summed E-state index contributed by atoms with van der Waals surface area (Å²) in [5.74, 6) is 2.49. The molecule has 1 aromatic rings. The van der Waals surface area contributed by atoms with E-state index in [2.05, 4.69) is 32.5 Å². The maximum Gasteiger partial charge on any atom is 0.229 e. The predicted molar refractivity (Wildman–Crippen MR) is 88.8 cm³/mol. The molecule has 2 aliphatic rings. The van der Waals surface area contributed by atoms with Crippen LogP contribution in [0.1, 0.15) is 11.4 Å². The van der Waals surface area contributed by atoms with Gasteiger partial charge >= 0.3 is 0 Å². The Morgan fingerprint density at radius 2 is 2.50 bits per heavy atom. The monoisotopic (exact) mass is 323 g/mol. The van der Waals surface area contributed by atoms with Gasteiger partial charge in [0.05, 0.1) is 17.4 Å². The van der Waals surface area contributed by atoms with E-state index in [1.165, 1.54) is 0 Å². The Kier molecular flexibility index (Phi) is 4.75. The van der Waals surface area contributed by atoms with Gasteiger partial charge in [-0.25, -0.2) is 4.98 Å². The molecule has 0 aliphatic carbocycles. The number of carbonyl (C=O) groups excluding carboxylic acids is 1. The van der Waals surface area contributed by atoms with Gasteiger partial charge in [-0.3, -0.25) is 4.79 Å². The van der Waals surface area contributed by atoms with E-state index in [0.717, 1.165) is 55.6 Å². The summed E-state index contributed by atoms with van der Waals surface area (Å²) in [7, 11) is 2.11. The van der Waals surface area contributed by atoms with E-state index in [-0.39, 0.29) is 11.3 Å². The van der Waals surface area contributed by atoms with Crippen LogP contribution in [0, 0.1) is 18.3 Å². The molecule has 22 heavy (non-hydrogen) atoms. The SMILES string of the molecule is Cc1[nH]cnc1CSCCNC(=O)[C@]12CNC[C@H]1CN(C)C2. The first kappa shape index (κ1) is 15.8. The van der Waals surface area contributed by atoms with E-state index in [4.69, 9.17) is 0 Å². The van der Waals surface area contributed by atoms with Crippen LogP contribution < -0.4 is 10.6 Å². The van der Waals surface area contributed by atoms with Gasteiger partial charge in [0.2, 0.25) is 5.91 Å². The van der Waals surface area contributed by atoms with Crippen LogP contribution in [0.5, 0.6) is 0 Å². The van der Waals surface area contributed by atoms with Crippen molar-refractivity contribution < 1.29 is 4.79 Å². The van der Waals surface area contributed by atoms with Crippen molar-refractivity contribution in [3.63, 3.8) is 0 Å². The normalized spacial score (nSPS) is 28.0. The number of aromatic amines is 1. The van der Waals surface area contributed by atoms with Crippen molar-refractivity contribution in [3.8, 4) is 0 Å². The lowest BCUT2D eigenvalue weighted by atomic mass is 9.80. The van der Waals surface area contributed by atoms with E-state index in [1.54, 1.807) is 6.33 Å². The maximum atomic E-state index is 12.6. The minimum Gasteiger partial charge on any atom is -0.355 e. The number of H-pyrrole nitrogens is 1. The lowest BCUT2D eigenvalue weighted by Gasteiger charge is -2.26. The third kappa shape index (κ3) is 3.02. The van der Waals surface area contributed by atoms with Crippen molar-refractivity contribution in [2.75, 3.05) is 45.5 Å². The topological polar surface area (TPSA) is 73.0 Å². The molecule has 1 aromatic heterocycles. The zero-order valence-electron chi connectivity index (χ0n) is 13.3. The van der Waals surface area contributed by atoms with Crippen LogP contribution in [0.2, 0.25) is 0 Å². The fourth-order valence-corrected chi connectivity index (χ4v) is 4.48. The van der Waals surface area contributed by atoms with Gasteiger partial charge in [-0.1, -0.05) is 0 Å². The van der Waals surface area contributed by atoms with Crippen molar-refractivity contribution in [2.45, 2.75) is 12.7 Å². The Bertz CT molecular complexity index is 534. The molecule has 1 amide bonds. The third-order valence-corrected chi connectivity index (χ3v) is 5.82. The zero-order chi connectivity index (χ0) is 15.6. The quantitative estimate of drug-likeness (QED) is 0.653. The lowest BCUT2D eigenvalue weighted by Crippen LogP contribution is -2.47. The summed E-state index contributed by atoms with van der Waals surface area (Å²) in [6.45, 7) is 6.43. The molecular weight excluding hydrogens is 298 g/mol. The highest BCUT2D eigenvalue weighted by Crippen LogP contribution is 2.38. The molecule has 2 aliphatic heterocycles. The number of nitrogens with one attached hydrogen (secondary N) is 3. The summed E-state index contributed by atoms with van der Waals surface area (Å²) in [6.07, 6.45) is 1.73. The molecule has 3 N–H and O–H groups in total. The number of amides is 1. The second-order valence-corrected chi connectivity index (χ2v) is 7.57. The van der Waals surface area contributed by atoms with Gasteiger partial charge in [-0.2, -0.15) is 11.8 Å². The summed E-state index contributed by atoms with van der Waals surface area (Å²) in [5, 5.41) is 6.54. The number of carbonyl (C=O) groups is 1. The maximum absolute atomic E-state index is 12.6. The summed E-state index contributed by atoms with van der Waals surface area (Å²) in [4.78, 5) is 22.3. The van der Waals surface area contributed by atoms with E-state index >= 15 is 0 Å². The largest absolute Gasteiger partial charge is 0.355 e. The van der Waals surface area contributed by atoms with Crippen LogP contribution in [0.3, 0.4) is 0 Å². The van der Waals surface area contributed by atoms with E-state index in [1.807, 2.05) is 18.7 Å². The number of nitrogens with zero attached hydrogens (tertiary/aromatic N) is 2. The molecule has 0 aromatic carbocycles. The summed E-state index contributed by atoms with van der Waals surface area (Å²) in [6, 6.07) is 0. The number of hydrogen-bond acceptors (Lipinski definition) is 5. The Hall–Kier alpha value is -1.05. The van der Waals surface area contributed by atoms with Crippen LogP contribution in [-0.2, 0) is 10.5 Å². The van der Waals surface area contributed by atoms with Gasteiger partial charge in [-0.15, -0.1) is 0 Å². The first-order valence-electron chi connectivity index (χ1n) is 7.86. The predicted octanol–water partition coefficient (Wildman–Crippen LogP) is 0.219. The molecular formula is C15H25N5OS. The Balaban J connectivity index is 1.42. The first-order chi connectivity index (χ1) is 10.6. The van der Waals surface area contributed by atoms with Crippen molar-refractivity contribution in [1.82, 2.24) is 25.5 Å². The highest BCUT2D eigenvalue weighted by molar-refractivity contribution is 7.98. The van der Waals surface area contributed by atoms with Gasteiger partial charge in [0.25, 0.3) is 0 Å². The standard InChI is InChI=1S/C15H25N5OS/c1-11-13(19-10-18-11)7-22-4-3-17-14(21)15-8-16-5-12(15)6-20(2)9-15/h10,12,16H,3-9H2,1-2H3,(H,17,21)(H,18,19)/t12-,15-/m0/s1. The zero-order valence-corrected chi connectivity index (χ0v) is 14.1. The molecule has 7 heteroatoms. The molecule has 2 fully saturated rings. The van der Waals surface area contributed by atoms with Crippen molar-refractivity contribution in [3.05, 3.63) is 17.7 Å². The van der Waals surface area contributed by atoms with Crippen LogP contribution >= 0.6 is 11.8 Å². The molecule has 0 unspecified atom stereocenters. The number of thioether (sulfide) groups is 1. The average Bonchev–Trinajstić information content (AvgIpc) is 3.13. The number of imidazole rings is 1. The lowest BCUT2D eigenvalue weighted by molar-refractivity contribution is -0.130. The number of rotatable bonds is 6. The van der Waals surface area contributed by atoms with Gasteiger partial charge < -0.3 is 20.5 Å².